The number of hydrogen-bond acceptors (Lipinski definition) is 4. The summed E-state index contributed by atoms with van der Waals surface area (Å²) >= 11 is 0. The summed E-state index contributed by atoms with van der Waals surface area (Å²) in [6, 6.07) is 0. The molecule has 0 atom stereocenters. The van der Waals surface area contributed by atoms with E-state index in [1.165, 1.54) is 0 Å². The summed E-state index contributed by atoms with van der Waals surface area (Å²) in [6.45, 7) is 0.0290. The number of nitrogens with one attached hydrogen (secondary N) is 2. The highest BCUT2D eigenvalue weighted by molar-refractivity contribution is 5.98. The number of aliphatic carboxylic acids is 1. The van der Waals surface area contributed by atoms with Crippen LogP contribution >= 0.6 is 0 Å². The van der Waals surface area contributed by atoms with Gasteiger partial charge >= 0.3 is 5.97 Å². The second-order valence-corrected chi connectivity index (χ2v) is 2.33. The molecule has 1 amide bonds. The number of carboxylic acids is 1. The minimum atomic E-state index is -0.998. The van der Waals surface area contributed by atoms with Crippen LogP contribution in [0.4, 0.5) is 0 Å². The predicted molar refractivity (Wildman–Crippen MR) is 46.6 cm³/mol. The maximum absolute atomic E-state index is 10.9. The highest BCUT2D eigenvalue weighted by atomic mass is 16.4. The van der Waals surface area contributed by atoms with Gasteiger partial charge in [-0.3, -0.25) is 15.0 Å². The van der Waals surface area contributed by atoms with Gasteiger partial charge in [0.15, 0.2) is 5.84 Å². The van der Waals surface area contributed by atoms with E-state index in [1.807, 2.05) is 0 Å². The second kappa shape index (κ2) is 6.52. The van der Waals surface area contributed by atoms with Crippen LogP contribution in [0.2, 0.25) is 0 Å². The van der Waals surface area contributed by atoms with E-state index in [0.717, 1.165) is 0 Å². The molecule has 5 N–H and O–H groups in total. The molecule has 0 aliphatic rings. The van der Waals surface area contributed by atoms with E-state index in [0.29, 0.717) is 0 Å². The molecular weight excluding hydrogens is 190 g/mol. The van der Waals surface area contributed by atoms with Crippen molar-refractivity contribution < 1.29 is 14.7 Å². The molecule has 8 nitrogen and oxygen atoms in total. The molecule has 0 radical (unpaired) electrons. The van der Waals surface area contributed by atoms with Gasteiger partial charge in [-0.1, -0.05) is 5.22 Å². The van der Waals surface area contributed by atoms with Crippen LogP contribution in [-0.4, -0.2) is 29.4 Å². The van der Waals surface area contributed by atoms with Crippen LogP contribution in [0.15, 0.2) is 10.3 Å². The van der Waals surface area contributed by atoms with Crippen molar-refractivity contribution in [2.75, 3.05) is 6.54 Å². The van der Waals surface area contributed by atoms with Gasteiger partial charge in [0.2, 0.25) is 5.91 Å². The summed E-state index contributed by atoms with van der Waals surface area (Å²) < 4.78 is 0. The summed E-state index contributed by atoms with van der Waals surface area (Å²) in [5.74, 6) is 2.89. The van der Waals surface area contributed by atoms with Crippen molar-refractivity contribution in [1.29, 1.82) is 5.41 Å². The molecule has 0 saturated carbocycles. The molecule has 0 bridgehead atoms. The Kier molecular flexibility index (Phi) is 5.59. The number of amides is 1. The molecule has 14 heavy (non-hydrogen) atoms. The molecule has 8 heteroatoms. The van der Waals surface area contributed by atoms with Crippen molar-refractivity contribution in [3.63, 3.8) is 0 Å². The normalized spacial score (nSPS) is 10.0. The average Bonchev–Trinajstić information content (AvgIpc) is 2.03. The monoisotopic (exact) mass is 201 g/mol. The summed E-state index contributed by atoms with van der Waals surface area (Å²) in [6.07, 6.45) is -0.419. The highest BCUT2D eigenvalue weighted by Gasteiger charge is 2.05. The minimum absolute atomic E-state index is 0.0290. The Morgan fingerprint density at radius 2 is 2.14 bits per heavy atom. The Balaban J connectivity index is 3.65. The standard InChI is InChI=1S/C6H11N5O3/c7-4(10-11-8)3-5(12)9-2-1-6(13)14/h1-3H2,(H,9,12)(H,13,14)(H3,7,8,10). The lowest BCUT2D eigenvalue weighted by molar-refractivity contribution is -0.136. The first-order chi connectivity index (χ1) is 6.56. The molecule has 0 unspecified atom stereocenters. The fourth-order valence-electron chi connectivity index (χ4n) is 0.628. The van der Waals surface area contributed by atoms with Crippen LogP contribution in [0.25, 0.3) is 0 Å². The van der Waals surface area contributed by atoms with Crippen LogP contribution < -0.4 is 11.2 Å². The molecule has 0 aromatic rings. The highest BCUT2D eigenvalue weighted by Crippen LogP contribution is 1.86. The predicted octanol–water partition coefficient (Wildman–Crippen LogP) is -0.729. The van der Waals surface area contributed by atoms with Crippen molar-refractivity contribution >= 4 is 17.7 Å². The number of carboxylic acid groups (broad SMARTS) is 1. The zero-order valence-corrected chi connectivity index (χ0v) is 7.36. The number of carbonyl (C=O) groups excluding carboxylic acids is 1. The van der Waals surface area contributed by atoms with E-state index in [4.69, 9.17) is 10.5 Å². The summed E-state index contributed by atoms with van der Waals surface area (Å²) in [5.41, 5.74) is 0. The molecule has 0 fully saturated rings. The number of amidine groups is 1. The van der Waals surface area contributed by atoms with E-state index in [2.05, 4.69) is 21.5 Å². The molecule has 0 aromatic carbocycles. The van der Waals surface area contributed by atoms with Crippen molar-refractivity contribution in [3.05, 3.63) is 0 Å². The number of hydrogen-bond donors (Lipinski definition) is 4. The maximum atomic E-state index is 10.9. The zero-order chi connectivity index (χ0) is 11.0. The van der Waals surface area contributed by atoms with E-state index >= 15 is 0 Å². The Bertz CT molecular complexity index is 262. The third-order valence-electron chi connectivity index (χ3n) is 1.17. The first-order valence-corrected chi connectivity index (χ1v) is 3.73. The smallest absolute Gasteiger partial charge is 0.305 e. The summed E-state index contributed by atoms with van der Waals surface area (Å²) in [4.78, 5) is 21.0. The van der Waals surface area contributed by atoms with Crippen molar-refractivity contribution in [3.8, 4) is 0 Å². The van der Waals surface area contributed by atoms with Crippen LogP contribution in [0.3, 0.4) is 0 Å². The molecule has 0 aromatic heterocycles. The molecule has 0 spiro atoms. The maximum Gasteiger partial charge on any atom is 0.305 e. The van der Waals surface area contributed by atoms with Crippen LogP contribution in [0.1, 0.15) is 12.8 Å². The van der Waals surface area contributed by atoms with Gasteiger partial charge in [0, 0.05) is 6.54 Å². The second-order valence-electron chi connectivity index (χ2n) is 2.33. The van der Waals surface area contributed by atoms with Gasteiger partial charge in [0.1, 0.15) is 0 Å². The third kappa shape index (κ3) is 6.70. The minimum Gasteiger partial charge on any atom is -0.481 e. The van der Waals surface area contributed by atoms with Gasteiger partial charge in [-0.2, -0.15) is 0 Å². The number of nitrogens with two attached hydrogens (primary N) is 1. The van der Waals surface area contributed by atoms with Crippen LogP contribution in [0.5, 0.6) is 0 Å². The van der Waals surface area contributed by atoms with Gasteiger partial charge in [-0.05, 0) is 0 Å². The van der Waals surface area contributed by atoms with Gasteiger partial charge in [0.05, 0.1) is 12.8 Å². The van der Waals surface area contributed by atoms with Crippen molar-refractivity contribution in [1.82, 2.24) is 5.32 Å². The number of rotatable bonds is 5. The van der Waals surface area contributed by atoms with Gasteiger partial charge in [0.25, 0.3) is 0 Å². The quantitative estimate of drug-likeness (QED) is 0.153. The summed E-state index contributed by atoms with van der Waals surface area (Å²) in [7, 11) is 0. The number of nitrogens with zero attached hydrogens (tertiary/aromatic N) is 2. The van der Waals surface area contributed by atoms with Crippen molar-refractivity contribution in [2.45, 2.75) is 12.8 Å². The fourth-order valence-corrected chi connectivity index (χ4v) is 0.628. The zero-order valence-electron chi connectivity index (χ0n) is 7.36. The Morgan fingerprint density at radius 3 is 2.64 bits per heavy atom. The van der Waals surface area contributed by atoms with Crippen LogP contribution in [-0.2, 0) is 9.59 Å². The molecule has 0 aliphatic heterocycles. The lowest BCUT2D eigenvalue weighted by atomic mass is 10.3. The van der Waals surface area contributed by atoms with Gasteiger partial charge in [-0.15, -0.1) is 5.11 Å². The largest absolute Gasteiger partial charge is 0.481 e. The Hall–Kier alpha value is -1.99. The van der Waals surface area contributed by atoms with E-state index < -0.39 is 11.9 Å². The van der Waals surface area contributed by atoms with E-state index in [1.54, 1.807) is 0 Å². The SMILES string of the molecule is N=C(CC(=O)NCCC(=O)O)N=NN. The van der Waals surface area contributed by atoms with Gasteiger partial charge < -0.3 is 16.3 Å². The van der Waals surface area contributed by atoms with E-state index in [9.17, 15) is 9.59 Å². The lowest BCUT2D eigenvalue weighted by Crippen LogP contribution is -2.27. The topological polar surface area (TPSA) is 141 Å². The van der Waals surface area contributed by atoms with E-state index in [-0.39, 0.29) is 25.2 Å². The van der Waals surface area contributed by atoms with Crippen LogP contribution in [0, 0.1) is 5.41 Å². The Labute approximate surface area is 79.7 Å². The first kappa shape index (κ1) is 12.0. The molecule has 0 saturated heterocycles. The molecular formula is C6H11N5O3. The molecule has 0 heterocycles. The Morgan fingerprint density at radius 1 is 1.50 bits per heavy atom. The van der Waals surface area contributed by atoms with Gasteiger partial charge in [-0.25, -0.2) is 0 Å². The molecule has 0 aliphatic carbocycles. The third-order valence-corrected chi connectivity index (χ3v) is 1.17. The summed E-state index contributed by atoms with van der Waals surface area (Å²) in [5, 5.41) is 23.5. The number of carbonyl (C=O) groups is 2. The molecule has 78 valence electrons. The fraction of sp³-hybridized carbons (Fsp3) is 0.500. The first-order valence-electron chi connectivity index (χ1n) is 3.73. The lowest BCUT2D eigenvalue weighted by Gasteiger charge is -2.00. The average molecular weight is 201 g/mol. The molecule has 0 rings (SSSR count). The van der Waals surface area contributed by atoms with Crippen molar-refractivity contribution in [2.24, 2.45) is 16.2 Å².